The standard InChI is InChI=1S/C12H16BrN3O2S.ClH/c1-8(12(18)16-6-4-14-5-7-16)15-11(17)9-2-3-10(13)19-9;/h2-3,8,14H,4-7H2,1H3,(H,15,17);1H. The summed E-state index contributed by atoms with van der Waals surface area (Å²) >= 11 is 4.67. The highest BCUT2D eigenvalue weighted by molar-refractivity contribution is 9.11. The maximum absolute atomic E-state index is 12.1. The average Bonchev–Trinajstić information content (AvgIpc) is 2.85. The highest BCUT2D eigenvalue weighted by atomic mass is 79.9. The smallest absolute Gasteiger partial charge is 0.262 e. The molecular weight excluding hydrogens is 366 g/mol. The van der Waals surface area contributed by atoms with Crippen LogP contribution in [0.1, 0.15) is 16.6 Å². The second kappa shape index (κ2) is 7.97. The zero-order valence-electron chi connectivity index (χ0n) is 11.0. The molecule has 112 valence electrons. The minimum absolute atomic E-state index is 0. The van der Waals surface area contributed by atoms with E-state index in [0.29, 0.717) is 18.0 Å². The number of carbonyl (C=O) groups is 2. The van der Waals surface area contributed by atoms with Crippen molar-refractivity contribution < 1.29 is 9.59 Å². The predicted octanol–water partition coefficient (Wildman–Crippen LogP) is 1.48. The van der Waals surface area contributed by atoms with E-state index < -0.39 is 6.04 Å². The van der Waals surface area contributed by atoms with Crippen LogP contribution in [-0.2, 0) is 4.79 Å². The van der Waals surface area contributed by atoms with Crippen LogP contribution in [0.3, 0.4) is 0 Å². The Morgan fingerprint density at radius 2 is 2.05 bits per heavy atom. The van der Waals surface area contributed by atoms with E-state index in [-0.39, 0.29) is 24.2 Å². The first-order valence-electron chi connectivity index (χ1n) is 6.13. The van der Waals surface area contributed by atoms with Crippen molar-refractivity contribution in [3.63, 3.8) is 0 Å². The van der Waals surface area contributed by atoms with Gasteiger partial charge in [0, 0.05) is 26.2 Å². The number of piperazine rings is 1. The summed E-state index contributed by atoms with van der Waals surface area (Å²) in [5.41, 5.74) is 0. The van der Waals surface area contributed by atoms with Gasteiger partial charge in [-0.05, 0) is 35.0 Å². The number of thiophene rings is 1. The third-order valence-electron chi connectivity index (χ3n) is 2.94. The number of halogens is 2. The van der Waals surface area contributed by atoms with Crippen molar-refractivity contribution in [3.05, 3.63) is 20.8 Å². The topological polar surface area (TPSA) is 61.4 Å². The minimum atomic E-state index is -0.494. The molecule has 2 amide bonds. The Morgan fingerprint density at radius 3 is 2.60 bits per heavy atom. The number of amides is 2. The summed E-state index contributed by atoms with van der Waals surface area (Å²) in [6.07, 6.45) is 0. The molecule has 0 aliphatic carbocycles. The van der Waals surface area contributed by atoms with E-state index >= 15 is 0 Å². The first kappa shape index (κ1) is 17.4. The van der Waals surface area contributed by atoms with E-state index in [1.165, 1.54) is 11.3 Å². The summed E-state index contributed by atoms with van der Waals surface area (Å²) in [6, 6.07) is 3.07. The number of nitrogens with one attached hydrogen (secondary N) is 2. The quantitative estimate of drug-likeness (QED) is 0.832. The van der Waals surface area contributed by atoms with Crippen LogP contribution < -0.4 is 10.6 Å². The van der Waals surface area contributed by atoms with Gasteiger partial charge >= 0.3 is 0 Å². The molecule has 1 aliphatic heterocycles. The highest BCUT2D eigenvalue weighted by Gasteiger charge is 2.23. The van der Waals surface area contributed by atoms with Crippen LogP contribution in [-0.4, -0.2) is 48.9 Å². The summed E-state index contributed by atoms with van der Waals surface area (Å²) < 4.78 is 0.902. The number of carbonyl (C=O) groups excluding carboxylic acids is 2. The van der Waals surface area contributed by atoms with E-state index in [1.807, 2.05) is 6.07 Å². The molecule has 1 atom stereocenters. The summed E-state index contributed by atoms with van der Waals surface area (Å²) in [6.45, 7) is 4.74. The first-order chi connectivity index (χ1) is 9.08. The van der Waals surface area contributed by atoms with Crippen molar-refractivity contribution in [3.8, 4) is 0 Å². The molecule has 2 heterocycles. The van der Waals surface area contributed by atoms with Crippen LogP contribution in [0.5, 0.6) is 0 Å². The van der Waals surface area contributed by atoms with Crippen molar-refractivity contribution in [1.82, 2.24) is 15.5 Å². The molecule has 8 heteroatoms. The Hall–Kier alpha value is -0.630. The normalized spacial score (nSPS) is 16.2. The Bertz CT molecular complexity index is 477. The second-order valence-corrected chi connectivity index (χ2v) is 6.84. The lowest BCUT2D eigenvalue weighted by molar-refractivity contribution is -0.133. The summed E-state index contributed by atoms with van der Waals surface area (Å²) in [5.74, 6) is -0.225. The molecule has 20 heavy (non-hydrogen) atoms. The molecule has 1 fully saturated rings. The summed E-state index contributed by atoms with van der Waals surface area (Å²) in [5, 5.41) is 5.94. The fourth-order valence-electron chi connectivity index (χ4n) is 1.92. The van der Waals surface area contributed by atoms with Crippen LogP contribution in [0, 0.1) is 0 Å². The molecule has 1 aliphatic rings. The zero-order chi connectivity index (χ0) is 13.8. The van der Waals surface area contributed by atoms with Gasteiger partial charge in [-0.3, -0.25) is 9.59 Å². The first-order valence-corrected chi connectivity index (χ1v) is 7.74. The Labute approximate surface area is 136 Å². The molecule has 0 saturated carbocycles. The molecule has 1 aromatic rings. The van der Waals surface area contributed by atoms with Gasteiger partial charge in [0.15, 0.2) is 0 Å². The maximum atomic E-state index is 12.1. The average molecular weight is 383 g/mol. The highest BCUT2D eigenvalue weighted by Crippen LogP contribution is 2.21. The Balaban J connectivity index is 0.00000200. The molecule has 5 nitrogen and oxygen atoms in total. The van der Waals surface area contributed by atoms with E-state index in [1.54, 1.807) is 17.9 Å². The molecule has 0 aromatic carbocycles. The van der Waals surface area contributed by atoms with Crippen molar-refractivity contribution in [1.29, 1.82) is 0 Å². The monoisotopic (exact) mass is 381 g/mol. The van der Waals surface area contributed by atoms with Crippen LogP contribution in [0.15, 0.2) is 15.9 Å². The largest absolute Gasteiger partial charge is 0.340 e. The summed E-state index contributed by atoms with van der Waals surface area (Å²) in [7, 11) is 0. The van der Waals surface area contributed by atoms with Gasteiger partial charge < -0.3 is 15.5 Å². The predicted molar refractivity (Wildman–Crippen MR) is 85.6 cm³/mol. The second-order valence-electron chi connectivity index (χ2n) is 4.37. The third-order valence-corrected chi connectivity index (χ3v) is 4.57. The van der Waals surface area contributed by atoms with Crippen LogP contribution in [0.4, 0.5) is 0 Å². The number of rotatable bonds is 3. The van der Waals surface area contributed by atoms with E-state index in [0.717, 1.165) is 16.9 Å². The van der Waals surface area contributed by atoms with Gasteiger partial charge in [-0.2, -0.15) is 0 Å². The van der Waals surface area contributed by atoms with Crippen LogP contribution >= 0.6 is 39.7 Å². The number of nitrogens with zero attached hydrogens (tertiary/aromatic N) is 1. The van der Waals surface area contributed by atoms with Gasteiger partial charge in [0.1, 0.15) is 6.04 Å². The van der Waals surface area contributed by atoms with Crippen LogP contribution in [0.25, 0.3) is 0 Å². The van der Waals surface area contributed by atoms with Gasteiger partial charge in [-0.25, -0.2) is 0 Å². The maximum Gasteiger partial charge on any atom is 0.262 e. The number of hydrogen-bond donors (Lipinski definition) is 2. The van der Waals surface area contributed by atoms with Crippen LogP contribution in [0.2, 0.25) is 0 Å². The van der Waals surface area contributed by atoms with Crippen molar-refractivity contribution >= 4 is 51.5 Å². The van der Waals surface area contributed by atoms with Gasteiger partial charge in [0.05, 0.1) is 8.66 Å². The molecule has 1 unspecified atom stereocenters. The SMILES string of the molecule is CC(NC(=O)c1ccc(Br)s1)C(=O)N1CCNCC1.Cl. The minimum Gasteiger partial charge on any atom is -0.340 e. The van der Waals surface area contributed by atoms with Crippen molar-refractivity contribution in [2.45, 2.75) is 13.0 Å². The molecule has 2 rings (SSSR count). The van der Waals surface area contributed by atoms with Crippen molar-refractivity contribution in [2.75, 3.05) is 26.2 Å². The fourth-order valence-corrected chi connectivity index (χ4v) is 3.21. The van der Waals surface area contributed by atoms with Crippen molar-refractivity contribution in [2.24, 2.45) is 0 Å². The van der Waals surface area contributed by atoms with Gasteiger partial charge in [-0.1, -0.05) is 0 Å². The molecule has 0 spiro atoms. The lowest BCUT2D eigenvalue weighted by Crippen LogP contribution is -2.53. The molecule has 2 N–H and O–H groups in total. The van der Waals surface area contributed by atoms with Gasteiger partial charge in [-0.15, -0.1) is 23.7 Å². The summed E-state index contributed by atoms with van der Waals surface area (Å²) in [4.78, 5) is 26.5. The lowest BCUT2D eigenvalue weighted by Gasteiger charge is -2.29. The van der Waals surface area contributed by atoms with E-state index in [9.17, 15) is 9.59 Å². The Morgan fingerprint density at radius 1 is 1.40 bits per heavy atom. The lowest BCUT2D eigenvalue weighted by atomic mass is 10.2. The molecular formula is C12H17BrClN3O2S. The van der Waals surface area contributed by atoms with Gasteiger partial charge in [0.25, 0.3) is 5.91 Å². The van der Waals surface area contributed by atoms with Gasteiger partial charge in [0.2, 0.25) is 5.91 Å². The number of hydrogen-bond acceptors (Lipinski definition) is 4. The molecule has 1 saturated heterocycles. The third kappa shape index (κ3) is 4.44. The molecule has 0 radical (unpaired) electrons. The molecule has 0 bridgehead atoms. The van der Waals surface area contributed by atoms with E-state index in [2.05, 4.69) is 26.6 Å². The fraction of sp³-hybridized carbons (Fsp3) is 0.500. The zero-order valence-corrected chi connectivity index (χ0v) is 14.2. The van der Waals surface area contributed by atoms with E-state index in [4.69, 9.17) is 0 Å². The molecule has 1 aromatic heterocycles. The Kier molecular flexibility index (Phi) is 6.94.